The van der Waals surface area contributed by atoms with Gasteiger partial charge in [-0.2, -0.15) is 0 Å². The van der Waals surface area contributed by atoms with Crippen LogP contribution in [0.1, 0.15) is 29.5 Å². The third-order valence-electron chi connectivity index (χ3n) is 8.21. The number of ether oxygens (including phenoxy) is 1. The van der Waals surface area contributed by atoms with E-state index in [-0.39, 0.29) is 48.2 Å². The van der Waals surface area contributed by atoms with Gasteiger partial charge < -0.3 is 41.3 Å². The summed E-state index contributed by atoms with van der Waals surface area (Å²) in [5.74, 6) is -6.98. The highest BCUT2D eigenvalue weighted by Crippen LogP contribution is 2.52. The lowest BCUT2D eigenvalue weighted by atomic mass is 9.61. The van der Waals surface area contributed by atoms with Crippen LogP contribution in [0.25, 0.3) is 5.76 Å². The number of nitrogens with zero attached hydrogens (tertiary/aromatic N) is 1. The van der Waals surface area contributed by atoms with Gasteiger partial charge in [0.15, 0.2) is 11.6 Å². The summed E-state index contributed by atoms with van der Waals surface area (Å²) in [6.07, 6.45) is -4.57. The molecule has 0 aromatic heterocycles. The maximum absolute atomic E-state index is 13.7. The number of halogens is 3. The van der Waals surface area contributed by atoms with Crippen molar-refractivity contribution in [1.82, 2.24) is 5.32 Å². The molecular weight excluding hydrogens is 601 g/mol. The number of nitrogens with one attached hydrogen (secondary N) is 2. The highest BCUT2D eigenvalue weighted by atomic mass is 19.4. The normalized spacial score (nSPS) is 21.0. The fourth-order valence-electron chi connectivity index (χ4n) is 6.37. The van der Waals surface area contributed by atoms with E-state index < -0.39 is 76.2 Å². The summed E-state index contributed by atoms with van der Waals surface area (Å²) in [6, 6.07) is 5.31. The van der Waals surface area contributed by atoms with E-state index in [0.29, 0.717) is 11.3 Å². The number of hydrogen-bond acceptors (Lipinski definition) is 9. The molecule has 12 nitrogen and oxygen atoms in total. The second-order valence-electron chi connectivity index (χ2n) is 11.3. The molecule has 0 heterocycles. The zero-order valence-electron chi connectivity index (χ0n) is 24.0. The highest BCUT2D eigenvalue weighted by Gasteiger charge is 2.51. The molecule has 0 saturated heterocycles. The fraction of sp³-hybridized carbons (Fsp3) is 0.333. The van der Waals surface area contributed by atoms with Crippen LogP contribution in [0, 0.1) is 17.8 Å². The molecule has 1 fully saturated rings. The second-order valence-corrected chi connectivity index (χ2v) is 11.3. The summed E-state index contributed by atoms with van der Waals surface area (Å²) in [7, 11) is 3.46. The van der Waals surface area contributed by atoms with Crippen molar-refractivity contribution in [2.24, 2.45) is 23.5 Å². The zero-order valence-corrected chi connectivity index (χ0v) is 24.0. The molecule has 5 rings (SSSR count). The summed E-state index contributed by atoms with van der Waals surface area (Å²) in [6.45, 7) is -0.251. The van der Waals surface area contributed by atoms with E-state index in [1.807, 2.05) is 0 Å². The predicted molar refractivity (Wildman–Crippen MR) is 153 cm³/mol. The van der Waals surface area contributed by atoms with E-state index in [4.69, 9.17) is 5.73 Å². The number of primary amides is 1. The Bertz CT molecular complexity index is 1680. The smallest absolute Gasteiger partial charge is 0.511 e. The summed E-state index contributed by atoms with van der Waals surface area (Å²) in [5, 5.41) is 38.4. The van der Waals surface area contributed by atoms with Crippen LogP contribution in [-0.2, 0) is 27.3 Å². The summed E-state index contributed by atoms with van der Waals surface area (Å²) >= 11 is 0. The van der Waals surface area contributed by atoms with Crippen molar-refractivity contribution in [3.63, 3.8) is 0 Å². The van der Waals surface area contributed by atoms with E-state index in [0.717, 1.165) is 12.1 Å². The summed E-state index contributed by atoms with van der Waals surface area (Å²) in [4.78, 5) is 52.3. The molecule has 0 bridgehead atoms. The first kappa shape index (κ1) is 31.2. The third-order valence-corrected chi connectivity index (χ3v) is 8.21. The van der Waals surface area contributed by atoms with Crippen LogP contribution in [-0.4, -0.2) is 59.3 Å². The average Bonchev–Trinajstić information content (AvgIpc) is 2.92. The molecule has 15 heteroatoms. The van der Waals surface area contributed by atoms with Gasteiger partial charge in [-0.15, -0.1) is 13.2 Å². The molecule has 0 radical (unpaired) electrons. The number of phenolic OH excluding ortho intramolecular Hbond substituents is 1. The van der Waals surface area contributed by atoms with Crippen LogP contribution >= 0.6 is 0 Å². The number of allylic oxidation sites excluding steroid dienone is 2. The number of amides is 3. The van der Waals surface area contributed by atoms with E-state index >= 15 is 0 Å². The number of rotatable bonds is 6. The first-order valence-corrected chi connectivity index (χ1v) is 13.8. The number of carbonyl (C=O) groups excluding carboxylic acids is 4. The minimum Gasteiger partial charge on any atom is -0.511 e. The van der Waals surface area contributed by atoms with Crippen LogP contribution in [0.3, 0.4) is 0 Å². The second kappa shape index (κ2) is 11.4. The van der Waals surface area contributed by atoms with Gasteiger partial charge in [-0.3, -0.25) is 14.4 Å². The molecule has 2 aromatic carbocycles. The molecular formula is C30H29F3N4O8. The quantitative estimate of drug-likeness (QED) is 0.259. The van der Waals surface area contributed by atoms with E-state index in [1.165, 1.54) is 12.1 Å². The number of urea groups is 1. The minimum atomic E-state index is -4.86. The van der Waals surface area contributed by atoms with Crippen LogP contribution in [0.5, 0.6) is 11.5 Å². The summed E-state index contributed by atoms with van der Waals surface area (Å²) in [5.41, 5.74) is 6.02. The Hall–Kier alpha value is -5.21. The lowest BCUT2D eigenvalue weighted by Crippen LogP contribution is -2.44. The standard InChI is InChI=1S/C30H29F3N4O8/c1-37(2)18-9-14(11-35-29(44)36-15-3-5-16(6-4-15)45-30(31,32)33)24(39)22-17(18)8-12-7-13-10-19(38)23(28(34)43)27(42)21(13)25(40)20(12)26(22)41/h3-6,9,12-13,21,39,41-42H,7-8,10-11H2,1-2H3,(H2,34,43)(H2,35,36,44). The number of anilines is 2. The van der Waals surface area contributed by atoms with Gasteiger partial charge >= 0.3 is 12.4 Å². The molecule has 1 saturated carbocycles. The van der Waals surface area contributed by atoms with Crippen LogP contribution in [0.4, 0.5) is 29.3 Å². The Balaban J connectivity index is 1.43. The van der Waals surface area contributed by atoms with Gasteiger partial charge in [-0.05, 0) is 60.6 Å². The van der Waals surface area contributed by atoms with Crippen molar-refractivity contribution in [3.8, 4) is 11.5 Å². The largest absolute Gasteiger partial charge is 0.573 e. The Morgan fingerprint density at radius 3 is 2.36 bits per heavy atom. The molecule has 2 aromatic rings. The molecule has 3 atom stereocenters. The van der Waals surface area contributed by atoms with Gasteiger partial charge in [-0.25, -0.2) is 4.79 Å². The van der Waals surface area contributed by atoms with Crippen LogP contribution < -0.4 is 26.0 Å². The first-order chi connectivity index (χ1) is 21.1. The molecule has 7 N–H and O–H groups in total. The zero-order chi connectivity index (χ0) is 33.0. The molecule has 3 amide bonds. The molecule has 3 aliphatic carbocycles. The Labute approximate surface area is 253 Å². The molecule has 0 spiro atoms. The number of benzene rings is 2. The number of hydrogen-bond donors (Lipinski definition) is 6. The number of Topliss-reactive ketones (excluding diaryl/α,β-unsaturated/α-hetero) is 2. The number of aliphatic hydroxyl groups excluding tert-OH is 2. The van der Waals surface area contributed by atoms with Crippen molar-refractivity contribution < 1.29 is 52.4 Å². The van der Waals surface area contributed by atoms with Gasteiger partial charge in [0.25, 0.3) is 5.91 Å². The molecule has 45 heavy (non-hydrogen) atoms. The van der Waals surface area contributed by atoms with Crippen molar-refractivity contribution in [1.29, 1.82) is 0 Å². The first-order valence-electron chi connectivity index (χ1n) is 13.8. The molecule has 0 aliphatic heterocycles. The predicted octanol–water partition coefficient (Wildman–Crippen LogP) is 3.60. The molecule has 238 valence electrons. The number of alkyl halides is 3. The number of aliphatic hydroxyl groups is 2. The molecule has 3 aliphatic rings. The monoisotopic (exact) mass is 630 g/mol. The molecule has 3 unspecified atom stereocenters. The Morgan fingerprint density at radius 2 is 1.76 bits per heavy atom. The van der Waals surface area contributed by atoms with E-state index in [1.54, 1.807) is 25.1 Å². The van der Waals surface area contributed by atoms with Crippen molar-refractivity contribution in [2.75, 3.05) is 24.3 Å². The lowest BCUT2D eigenvalue weighted by molar-refractivity contribution is -0.274. The van der Waals surface area contributed by atoms with Crippen molar-refractivity contribution in [3.05, 3.63) is 63.9 Å². The van der Waals surface area contributed by atoms with Gasteiger partial charge in [0, 0.05) is 49.6 Å². The maximum Gasteiger partial charge on any atom is 0.573 e. The number of nitrogens with two attached hydrogens (primary N) is 1. The van der Waals surface area contributed by atoms with E-state index in [9.17, 15) is 47.7 Å². The lowest BCUT2D eigenvalue weighted by Gasteiger charge is -2.41. The summed E-state index contributed by atoms with van der Waals surface area (Å²) < 4.78 is 41.0. The van der Waals surface area contributed by atoms with Crippen LogP contribution in [0.15, 0.2) is 47.2 Å². The van der Waals surface area contributed by atoms with Gasteiger partial charge in [-0.1, -0.05) is 0 Å². The maximum atomic E-state index is 13.7. The number of phenols is 1. The van der Waals surface area contributed by atoms with Crippen LogP contribution in [0.2, 0.25) is 0 Å². The fourth-order valence-corrected chi connectivity index (χ4v) is 6.37. The number of fused-ring (bicyclic) bond motifs is 3. The van der Waals surface area contributed by atoms with Crippen molar-refractivity contribution >= 4 is 40.6 Å². The Morgan fingerprint density at radius 1 is 1.09 bits per heavy atom. The van der Waals surface area contributed by atoms with Gasteiger partial charge in [0.2, 0.25) is 0 Å². The Kier molecular flexibility index (Phi) is 7.89. The van der Waals surface area contributed by atoms with Gasteiger partial charge in [0.05, 0.1) is 11.5 Å². The van der Waals surface area contributed by atoms with E-state index in [2.05, 4.69) is 15.4 Å². The minimum absolute atomic E-state index is 0.0257. The SMILES string of the molecule is CN(C)c1cc(CNC(=O)Nc2ccc(OC(F)(F)F)cc2)c(O)c2c1CC1CC3CC(=O)C(C(N)=O)=C(O)C3C(=O)C1=C2O. The van der Waals surface area contributed by atoms with Gasteiger partial charge in [0.1, 0.15) is 28.6 Å². The number of carbonyl (C=O) groups is 4. The average molecular weight is 631 g/mol. The number of ketones is 2. The van der Waals surface area contributed by atoms with Crippen molar-refractivity contribution in [2.45, 2.75) is 32.2 Å². The topological polar surface area (TPSA) is 192 Å². The third kappa shape index (κ3) is 5.84. The highest BCUT2D eigenvalue weighted by molar-refractivity contribution is 6.21. The number of aromatic hydroxyl groups is 1.